The van der Waals surface area contributed by atoms with Crippen LogP contribution in [0.5, 0.6) is 11.5 Å². The number of nitro groups is 1. The van der Waals surface area contributed by atoms with Crippen molar-refractivity contribution in [2.75, 3.05) is 20.8 Å². The van der Waals surface area contributed by atoms with Crippen molar-refractivity contribution in [2.24, 2.45) is 4.99 Å². The average molecular weight is 610 g/mol. The zero-order valence-corrected chi connectivity index (χ0v) is 24.4. The first-order valence-electron chi connectivity index (χ1n) is 12.6. The van der Waals surface area contributed by atoms with Crippen LogP contribution in [0.2, 0.25) is 5.02 Å². The van der Waals surface area contributed by atoms with Crippen LogP contribution in [0.4, 0.5) is 5.69 Å². The lowest BCUT2D eigenvalue weighted by atomic mass is 9.95. The molecule has 216 valence electrons. The highest BCUT2D eigenvalue weighted by atomic mass is 35.5. The van der Waals surface area contributed by atoms with Crippen LogP contribution < -0.4 is 24.4 Å². The second-order valence-electron chi connectivity index (χ2n) is 9.04. The predicted molar refractivity (Wildman–Crippen MR) is 156 cm³/mol. The third-order valence-electron chi connectivity index (χ3n) is 6.57. The van der Waals surface area contributed by atoms with Crippen LogP contribution in [0, 0.1) is 10.1 Å². The monoisotopic (exact) mass is 609 g/mol. The summed E-state index contributed by atoms with van der Waals surface area (Å²) < 4.78 is 23.8. The molecular formula is C29H24ClN3O8S. The number of hydrogen-bond donors (Lipinski definition) is 0. The van der Waals surface area contributed by atoms with E-state index in [1.54, 1.807) is 56.3 Å². The summed E-state index contributed by atoms with van der Waals surface area (Å²) in [6.07, 6.45) is 1.56. The van der Waals surface area contributed by atoms with Crippen LogP contribution in [-0.4, -0.2) is 36.3 Å². The molecule has 42 heavy (non-hydrogen) atoms. The molecule has 1 aliphatic heterocycles. The van der Waals surface area contributed by atoms with Gasteiger partial charge in [-0.15, -0.1) is 0 Å². The number of aromatic nitrogens is 1. The number of hydrogen-bond acceptors (Lipinski definition) is 10. The van der Waals surface area contributed by atoms with Crippen LogP contribution in [0.15, 0.2) is 74.0 Å². The van der Waals surface area contributed by atoms with Crippen molar-refractivity contribution in [2.45, 2.75) is 19.9 Å². The number of furan rings is 1. The zero-order chi connectivity index (χ0) is 30.1. The summed E-state index contributed by atoms with van der Waals surface area (Å²) in [4.78, 5) is 42.7. The molecule has 0 radical (unpaired) electrons. The lowest BCUT2D eigenvalue weighted by Crippen LogP contribution is -2.39. The van der Waals surface area contributed by atoms with E-state index in [9.17, 15) is 19.7 Å². The number of carbonyl (C=O) groups is 1. The molecule has 11 nitrogen and oxygen atoms in total. The van der Waals surface area contributed by atoms with Crippen LogP contribution in [0.25, 0.3) is 17.4 Å². The third-order valence-corrected chi connectivity index (χ3v) is 7.87. The van der Waals surface area contributed by atoms with Gasteiger partial charge < -0.3 is 18.6 Å². The van der Waals surface area contributed by atoms with Crippen molar-refractivity contribution in [3.63, 3.8) is 0 Å². The predicted octanol–water partition coefficient (Wildman–Crippen LogP) is 4.64. The Balaban J connectivity index is 1.63. The Labute approximate surface area is 247 Å². The van der Waals surface area contributed by atoms with E-state index < -0.39 is 22.5 Å². The van der Waals surface area contributed by atoms with Gasteiger partial charge in [-0.3, -0.25) is 19.5 Å². The van der Waals surface area contributed by atoms with E-state index in [4.69, 9.17) is 30.2 Å². The molecule has 0 spiro atoms. The molecule has 2 aromatic carbocycles. The van der Waals surface area contributed by atoms with Gasteiger partial charge >= 0.3 is 5.97 Å². The summed E-state index contributed by atoms with van der Waals surface area (Å²) in [5.74, 6) is 1.04. The van der Waals surface area contributed by atoms with Gasteiger partial charge in [0.05, 0.1) is 47.6 Å². The quantitative estimate of drug-likeness (QED) is 0.160. The van der Waals surface area contributed by atoms with Gasteiger partial charge in [0.25, 0.3) is 11.2 Å². The lowest BCUT2D eigenvalue weighted by Gasteiger charge is -2.25. The Bertz CT molecular complexity index is 1940. The van der Waals surface area contributed by atoms with Crippen LogP contribution in [0.3, 0.4) is 0 Å². The molecule has 0 fully saturated rings. The molecule has 4 aromatic rings. The van der Waals surface area contributed by atoms with E-state index in [-0.39, 0.29) is 22.9 Å². The molecule has 0 amide bonds. The van der Waals surface area contributed by atoms with E-state index in [1.165, 1.54) is 30.9 Å². The molecule has 5 rings (SSSR count). The van der Waals surface area contributed by atoms with Crippen molar-refractivity contribution in [1.82, 2.24) is 4.57 Å². The fourth-order valence-electron chi connectivity index (χ4n) is 4.65. The normalized spacial score (nSPS) is 14.8. The second-order valence-corrected chi connectivity index (χ2v) is 10.5. The van der Waals surface area contributed by atoms with Crippen LogP contribution in [-0.2, 0) is 9.53 Å². The molecule has 0 saturated carbocycles. The second kappa shape index (κ2) is 11.7. The number of thiazole rings is 1. The minimum Gasteiger partial charge on any atom is -0.493 e. The number of nitro benzene ring substituents is 1. The molecular weight excluding hydrogens is 586 g/mol. The van der Waals surface area contributed by atoms with E-state index in [2.05, 4.69) is 4.99 Å². The van der Waals surface area contributed by atoms with E-state index >= 15 is 0 Å². The Morgan fingerprint density at radius 2 is 1.93 bits per heavy atom. The Morgan fingerprint density at radius 1 is 1.17 bits per heavy atom. The Kier molecular flexibility index (Phi) is 8.01. The topological polar surface area (TPSA) is 135 Å². The van der Waals surface area contributed by atoms with E-state index in [1.807, 2.05) is 0 Å². The summed E-state index contributed by atoms with van der Waals surface area (Å²) >= 11 is 7.07. The smallest absolute Gasteiger partial charge is 0.338 e. The lowest BCUT2D eigenvalue weighted by molar-refractivity contribution is -0.384. The molecule has 0 saturated heterocycles. The fourth-order valence-corrected chi connectivity index (χ4v) is 5.86. The van der Waals surface area contributed by atoms with Gasteiger partial charge in [-0.1, -0.05) is 29.0 Å². The first-order valence-corrected chi connectivity index (χ1v) is 13.8. The third kappa shape index (κ3) is 5.21. The van der Waals surface area contributed by atoms with Gasteiger partial charge in [0.1, 0.15) is 16.5 Å². The summed E-state index contributed by atoms with van der Waals surface area (Å²) in [5, 5.41) is 11.3. The highest BCUT2D eigenvalue weighted by Crippen LogP contribution is 2.36. The maximum atomic E-state index is 13.9. The fraction of sp³-hybridized carbons (Fsp3) is 0.207. The van der Waals surface area contributed by atoms with Crippen molar-refractivity contribution < 1.29 is 28.3 Å². The standard InChI is InChI=1S/C29H24ClN3O8S/c1-5-40-28(35)25-15(2)31-29-32(26(25)17-7-10-22(38-3)23(13-17)39-4)27(34)24(42-29)14-18-8-11-21(41-18)16-6-9-19(30)20(12-16)33(36)37/h6-14,26H,5H2,1-4H3/b24-14+. The van der Waals surface area contributed by atoms with Gasteiger partial charge in [-0.25, -0.2) is 9.79 Å². The van der Waals surface area contributed by atoms with Gasteiger partial charge in [-0.05, 0) is 55.8 Å². The van der Waals surface area contributed by atoms with E-state index in [0.717, 1.165) is 11.3 Å². The summed E-state index contributed by atoms with van der Waals surface area (Å²) in [6, 6.07) is 12.0. The molecule has 1 unspecified atom stereocenters. The first kappa shape index (κ1) is 28.8. The number of carbonyl (C=O) groups excluding carboxylic acids is 1. The maximum Gasteiger partial charge on any atom is 0.338 e. The number of benzene rings is 2. The maximum absolute atomic E-state index is 13.9. The zero-order valence-electron chi connectivity index (χ0n) is 22.9. The van der Waals surface area contributed by atoms with Gasteiger partial charge in [-0.2, -0.15) is 0 Å². The number of fused-ring (bicyclic) bond motifs is 1. The van der Waals surface area contributed by atoms with Crippen molar-refractivity contribution in [1.29, 1.82) is 0 Å². The number of halogens is 1. The highest BCUT2D eigenvalue weighted by molar-refractivity contribution is 7.07. The van der Waals surface area contributed by atoms with Gasteiger partial charge in [0, 0.05) is 17.7 Å². The summed E-state index contributed by atoms with van der Waals surface area (Å²) in [6.45, 7) is 3.55. The van der Waals surface area contributed by atoms with Crippen LogP contribution >= 0.6 is 22.9 Å². The minimum absolute atomic E-state index is 0.0122. The van der Waals surface area contributed by atoms with Crippen molar-refractivity contribution in [3.05, 3.63) is 106 Å². The summed E-state index contributed by atoms with van der Waals surface area (Å²) in [7, 11) is 3.02. The first-order chi connectivity index (χ1) is 20.2. The van der Waals surface area contributed by atoms with Gasteiger partial charge in [0.2, 0.25) is 0 Å². The Hall–Kier alpha value is -4.68. The highest BCUT2D eigenvalue weighted by Gasteiger charge is 2.34. The number of allylic oxidation sites excluding steroid dienone is 1. The molecule has 2 aromatic heterocycles. The van der Waals surface area contributed by atoms with Gasteiger partial charge in [0.15, 0.2) is 16.3 Å². The van der Waals surface area contributed by atoms with Crippen LogP contribution in [0.1, 0.15) is 31.2 Å². The molecule has 3 heterocycles. The number of ether oxygens (including phenoxy) is 3. The molecule has 0 aliphatic carbocycles. The molecule has 0 bridgehead atoms. The van der Waals surface area contributed by atoms with E-state index in [0.29, 0.717) is 49.2 Å². The van der Waals surface area contributed by atoms with Crippen molar-refractivity contribution >= 4 is 40.7 Å². The Morgan fingerprint density at radius 3 is 2.62 bits per heavy atom. The largest absolute Gasteiger partial charge is 0.493 e. The SMILES string of the molecule is CCOC(=O)C1=C(C)N=c2s/c(=C/c3ccc(-c4ccc(Cl)c([N+](=O)[O-])c4)o3)c(=O)n2C1c1ccc(OC)c(OC)c1. The number of rotatable bonds is 8. The molecule has 1 atom stereocenters. The molecule has 0 N–H and O–H groups in total. The minimum atomic E-state index is -0.843. The number of nitrogens with zero attached hydrogens (tertiary/aromatic N) is 3. The molecule has 1 aliphatic rings. The average Bonchev–Trinajstić information content (AvgIpc) is 3.56. The number of methoxy groups -OCH3 is 2. The van der Waals surface area contributed by atoms with Crippen molar-refractivity contribution in [3.8, 4) is 22.8 Å². The molecule has 13 heteroatoms. The number of esters is 1. The summed E-state index contributed by atoms with van der Waals surface area (Å²) in [5.41, 5.74) is 1.06.